The first-order valence-corrected chi connectivity index (χ1v) is 14.2. The van der Waals surface area contributed by atoms with Crippen LogP contribution in [0.2, 0.25) is 0 Å². The molecule has 1 amide bonds. The van der Waals surface area contributed by atoms with E-state index in [1.807, 2.05) is 54.6 Å². The van der Waals surface area contributed by atoms with Gasteiger partial charge in [-0.05, 0) is 67.3 Å². The molecule has 0 saturated carbocycles. The first-order chi connectivity index (χ1) is 20.5. The van der Waals surface area contributed by atoms with Crippen molar-refractivity contribution in [3.63, 3.8) is 0 Å². The van der Waals surface area contributed by atoms with Crippen LogP contribution in [0.25, 0.3) is 0 Å². The third-order valence-electron chi connectivity index (χ3n) is 7.06. The Morgan fingerprint density at radius 2 is 1.74 bits per heavy atom. The first kappa shape index (κ1) is 29.0. The van der Waals surface area contributed by atoms with Crippen LogP contribution in [0.5, 0.6) is 11.5 Å². The van der Waals surface area contributed by atoms with Crippen molar-refractivity contribution in [3.05, 3.63) is 114 Å². The second kappa shape index (κ2) is 13.9. The topological polar surface area (TPSA) is 85.1 Å². The second-order valence-corrected chi connectivity index (χ2v) is 10.3. The number of esters is 1. The van der Waals surface area contributed by atoms with Crippen LogP contribution in [0.3, 0.4) is 0 Å². The molecule has 2 heterocycles. The maximum atomic E-state index is 13.6. The van der Waals surface area contributed by atoms with E-state index in [0.29, 0.717) is 57.4 Å². The van der Waals surface area contributed by atoms with Gasteiger partial charge in [0.25, 0.3) is 5.91 Å². The maximum Gasteiger partial charge on any atom is 0.310 e. The summed E-state index contributed by atoms with van der Waals surface area (Å²) in [4.78, 5) is 33.7. The van der Waals surface area contributed by atoms with E-state index in [4.69, 9.17) is 13.9 Å². The molecule has 3 aromatic carbocycles. The predicted octanol–water partition coefficient (Wildman–Crippen LogP) is 6.22. The highest BCUT2D eigenvalue weighted by molar-refractivity contribution is 5.92. The number of halogens is 1. The number of carbonyl (C=O) groups excluding carboxylic acids is 2. The number of nitrogens with zero attached hydrogens (tertiary/aromatic N) is 3. The van der Waals surface area contributed by atoms with E-state index in [9.17, 15) is 14.0 Å². The lowest BCUT2D eigenvalue weighted by Gasteiger charge is -2.30. The van der Waals surface area contributed by atoms with Gasteiger partial charge in [0.05, 0.1) is 19.1 Å². The predicted molar refractivity (Wildman–Crippen MR) is 154 cm³/mol. The molecule has 0 unspecified atom stereocenters. The number of hydrogen-bond acceptors (Lipinski definition) is 7. The zero-order valence-electron chi connectivity index (χ0n) is 23.6. The van der Waals surface area contributed by atoms with Crippen LogP contribution in [0, 0.1) is 11.7 Å². The Bertz CT molecular complexity index is 1470. The lowest BCUT2D eigenvalue weighted by molar-refractivity contribution is -0.149. The number of piperidine rings is 1. The summed E-state index contributed by atoms with van der Waals surface area (Å²) in [5.74, 6) is 0.678. The van der Waals surface area contributed by atoms with Crippen molar-refractivity contribution in [2.45, 2.75) is 39.4 Å². The Balaban J connectivity index is 1.29. The normalized spacial score (nSPS) is 15.0. The third-order valence-corrected chi connectivity index (χ3v) is 7.06. The second-order valence-electron chi connectivity index (χ2n) is 10.3. The summed E-state index contributed by atoms with van der Waals surface area (Å²) < 4.78 is 30.5. The van der Waals surface area contributed by atoms with E-state index in [2.05, 4.69) is 9.88 Å². The minimum absolute atomic E-state index is 0.203. The van der Waals surface area contributed by atoms with E-state index in [1.54, 1.807) is 24.0 Å². The van der Waals surface area contributed by atoms with Gasteiger partial charge in [-0.25, -0.2) is 9.37 Å². The summed E-state index contributed by atoms with van der Waals surface area (Å²) in [7, 11) is 0. The van der Waals surface area contributed by atoms with E-state index in [-0.39, 0.29) is 29.3 Å². The van der Waals surface area contributed by atoms with Crippen molar-refractivity contribution in [3.8, 4) is 11.5 Å². The quantitative estimate of drug-likeness (QED) is 0.198. The molecule has 0 spiro atoms. The Morgan fingerprint density at radius 3 is 2.52 bits per heavy atom. The van der Waals surface area contributed by atoms with E-state index in [0.717, 1.165) is 23.3 Å². The smallest absolute Gasteiger partial charge is 0.310 e. The molecule has 1 aliphatic rings. The van der Waals surface area contributed by atoms with E-state index >= 15 is 0 Å². The van der Waals surface area contributed by atoms with E-state index in [1.165, 1.54) is 18.4 Å². The number of rotatable bonds is 11. The number of hydrogen-bond donors (Lipinski definition) is 0. The van der Waals surface area contributed by atoms with Gasteiger partial charge < -0.3 is 18.8 Å². The SMILES string of the molecule is CCOC(=O)[C@@H]1CCCN(C(=O)c2coc(CN(Cc3ccc(F)cc3)Cc3cccc(Oc4ccccc4)c3)n2)C1. The van der Waals surface area contributed by atoms with Gasteiger partial charge in [-0.1, -0.05) is 42.5 Å². The van der Waals surface area contributed by atoms with Crippen molar-refractivity contribution in [1.82, 2.24) is 14.8 Å². The molecule has 1 aliphatic heterocycles. The van der Waals surface area contributed by atoms with Crippen molar-refractivity contribution in [1.29, 1.82) is 0 Å². The lowest BCUT2D eigenvalue weighted by atomic mass is 9.98. The number of ether oxygens (including phenoxy) is 2. The van der Waals surface area contributed by atoms with Crippen LogP contribution in [0.1, 0.15) is 47.3 Å². The Labute approximate surface area is 244 Å². The Kier molecular flexibility index (Phi) is 9.61. The van der Waals surface area contributed by atoms with Crippen molar-refractivity contribution in [2.75, 3.05) is 19.7 Å². The monoisotopic (exact) mass is 571 g/mol. The molecule has 5 rings (SSSR count). The summed E-state index contributed by atoms with van der Waals surface area (Å²) >= 11 is 0. The number of likely N-dealkylation sites (tertiary alicyclic amines) is 1. The molecular formula is C33H34FN3O5. The number of aromatic nitrogens is 1. The molecule has 0 radical (unpaired) electrons. The summed E-state index contributed by atoms with van der Waals surface area (Å²) in [5.41, 5.74) is 2.13. The molecule has 4 aromatic rings. The highest BCUT2D eigenvalue weighted by atomic mass is 19.1. The number of benzene rings is 3. The molecule has 0 aliphatic carbocycles. The Hall–Kier alpha value is -4.50. The van der Waals surface area contributed by atoms with Crippen LogP contribution in [-0.4, -0.2) is 46.4 Å². The zero-order valence-corrected chi connectivity index (χ0v) is 23.6. The van der Waals surface area contributed by atoms with Gasteiger partial charge in [0.15, 0.2) is 5.69 Å². The summed E-state index contributed by atoms with van der Waals surface area (Å²) in [5, 5.41) is 0. The van der Waals surface area contributed by atoms with Crippen LogP contribution in [0.4, 0.5) is 4.39 Å². The first-order valence-electron chi connectivity index (χ1n) is 14.2. The fourth-order valence-corrected chi connectivity index (χ4v) is 5.05. The molecule has 0 N–H and O–H groups in total. The van der Waals surface area contributed by atoms with Gasteiger partial charge in [0, 0.05) is 26.2 Å². The molecule has 1 saturated heterocycles. The molecular weight excluding hydrogens is 537 g/mol. The van der Waals surface area contributed by atoms with Crippen LogP contribution >= 0.6 is 0 Å². The van der Waals surface area contributed by atoms with Gasteiger partial charge >= 0.3 is 5.97 Å². The van der Waals surface area contributed by atoms with Gasteiger partial charge in [-0.15, -0.1) is 0 Å². The van der Waals surface area contributed by atoms with Gasteiger partial charge in [-0.2, -0.15) is 0 Å². The number of oxazole rings is 1. The van der Waals surface area contributed by atoms with Crippen molar-refractivity contribution >= 4 is 11.9 Å². The van der Waals surface area contributed by atoms with Crippen LogP contribution in [0.15, 0.2) is 89.5 Å². The molecule has 8 nitrogen and oxygen atoms in total. The summed E-state index contributed by atoms with van der Waals surface area (Å²) in [6.07, 6.45) is 2.79. The van der Waals surface area contributed by atoms with Gasteiger partial charge in [0.2, 0.25) is 5.89 Å². The Morgan fingerprint density at radius 1 is 0.976 bits per heavy atom. The molecule has 1 fully saturated rings. The third kappa shape index (κ3) is 7.82. The molecule has 42 heavy (non-hydrogen) atoms. The average Bonchev–Trinajstić information content (AvgIpc) is 3.47. The maximum absolute atomic E-state index is 13.6. The number of para-hydroxylation sites is 1. The fraction of sp³-hybridized carbons (Fsp3) is 0.303. The summed E-state index contributed by atoms with van der Waals surface area (Å²) in [6, 6.07) is 23.8. The average molecular weight is 572 g/mol. The molecule has 1 atom stereocenters. The minimum Gasteiger partial charge on any atom is -0.466 e. The van der Waals surface area contributed by atoms with Crippen LogP contribution < -0.4 is 4.74 Å². The zero-order chi connectivity index (χ0) is 29.3. The van der Waals surface area contributed by atoms with Crippen LogP contribution in [-0.2, 0) is 29.2 Å². The van der Waals surface area contributed by atoms with E-state index < -0.39 is 0 Å². The van der Waals surface area contributed by atoms with Crippen molar-refractivity contribution in [2.24, 2.45) is 5.92 Å². The minimum atomic E-state index is -0.332. The van der Waals surface area contributed by atoms with Crippen molar-refractivity contribution < 1.29 is 27.9 Å². The fourth-order valence-electron chi connectivity index (χ4n) is 5.05. The lowest BCUT2D eigenvalue weighted by Crippen LogP contribution is -2.43. The largest absolute Gasteiger partial charge is 0.466 e. The highest BCUT2D eigenvalue weighted by Gasteiger charge is 2.31. The molecule has 0 bridgehead atoms. The molecule has 218 valence electrons. The number of carbonyl (C=O) groups is 2. The standard InChI is InChI=1S/C33H34FN3O5/c1-2-40-33(39)26-9-7-17-37(21-26)32(38)30-23-41-31(35-30)22-36(19-24-13-15-27(34)16-14-24)20-25-8-6-12-29(18-25)42-28-10-4-3-5-11-28/h3-6,8,10-16,18,23,26H,2,7,9,17,19-22H2,1H3/t26-/m1/s1. The van der Waals surface area contributed by atoms with Gasteiger partial charge in [0.1, 0.15) is 23.6 Å². The van der Waals surface area contributed by atoms with Gasteiger partial charge in [-0.3, -0.25) is 14.5 Å². The molecule has 9 heteroatoms. The number of amides is 1. The molecule has 1 aromatic heterocycles. The highest BCUT2D eigenvalue weighted by Crippen LogP contribution is 2.24. The summed E-state index contributed by atoms with van der Waals surface area (Å²) in [6.45, 7) is 4.29.